The summed E-state index contributed by atoms with van der Waals surface area (Å²) >= 11 is 1.57. The quantitative estimate of drug-likeness (QED) is 0.575. The molecular formula is C13H16N4OS. The fourth-order valence-corrected chi connectivity index (χ4v) is 2.80. The maximum atomic E-state index is 11.4. The maximum Gasteiger partial charge on any atom is 0.223 e. The lowest BCUT2D eigenvalue weighted by Crippen LogP contribution is -2.29. The molecule has 1 aliphatic carbocycles. The number of nitrogen functional groups attached to an aromatic ring is 1. The van der Waals surface area contributed by atoms with Gasteiger partial charge in [-0.15, -0.1) is 0 Å². The molecule has 5 nitrogen and oxygen atoms in total. The highest BCUT2D eigenvalue weighted by molar-refractivity contribution is 7.22. The average Bonchev–Trinajstić information content (AvgIpc) is 3.16. The van der Waals surface area contributed by atoms with E-state index in [4.69, 9.17) is 5.73 Å². The molecule has 1 aromatic carbocycles. The number of hydrogen-bond donors (Lipinski definition) is 3. The van der Waals surface area contributed by atoms with Crippen LogP contribution in [0.25, 0.3) is 10.2 Å². The molecular weight excluding hydrogens is 260 g/mol. The summed E-state index contributed by atoms with van der Waals surface area (Å²) in [6, 6.07) is 5.69. The monoisotopic (exact) mass is 276 g/mol. The molecule has 2 aromatic rings. The van der Waals surface area contributed by atoms with Gasteiger partial charge in [-0.3, -0.25) is 4.79 Å². The highest BCUT2D eigenvalue weighted by atomic mass is 32.1. The summed E-state index contributed by atoms with van der Waals surface area (Å²) in [4.78, 5) is 15.9. The largest absolute Gasteiger partial charge is 0.399 e. The van der Waals surface area contributed by atoms with E-state index >= 15 is 0 Å². The summed E-state index contributed by atoms with van der Waals surface area (Å²) in [7, 11) is 0. The summed E-state index contributed by atoms with van der Waals surface area (Å²) in [5, 5.41) is 7.00. The number of carbonyl (C=O) groups excluding carboxylic acids is 1. The van der Waals surface area contributed by atoms with Gasteiger partial charge in [0.2, 0.25) is 5.91 Å². The molecule has 1 amide bonds. The minimum Gasteiger partial charge on any atom is -0.399 e. The third kappa shape index (κ3) is 2.96. The van der Waals surface area contributed by atoms with E-state index < -0.39 is 0 Å². The van der Waals surface area contributed by atoms with E-state index in [2.05, 4.69) is 15.6 Å². The number of nitrogens with two attached hydrogens (primary N) is 1. The van der Waals surface area contributed by atoms with Crippen molar-refractivity contribution >= 4 is 38.3 Å². The van der Waals surface area contributed by atoms with Gasteiger partial charge in [0.05, 0.1) is 10.2 Å². The van der Waals surface area contributed by atoms with Gasteiger partial charge in [-0.25, -0.2) is 4.98 Å². The smallest absolute Gasteiger partial charge is 0.223 e. The highest BCUT2D eigenvalue weighted by Crippen LogP contribution is 2.29. The second-order valence-corrected chi connectivity index (χ2v) is 5.77. The second-order valence-electron chi connectivity index (χ2n) is 4.74. The standard InChI is InChI=1S/C13H16N4OS/c14-9-3-4-10-11(7-9)19-13(17-10)16-6-5-15-12(18)8-1-2-8/h3-4,7-8H,1-2,5-6,14H2,(H,15,18)(H,16,17). The molecule has 1 heterocycles. The van der Waals surface area contributed by atoms with E-state index in [1.54, 1.807) is 11.3 Å². The van der Waals surface area contributed by atoms with Crippen molar-refractivity contribution in [3.63, 3.8) is 0 Å². The van der Waals surface area contributed by atoms with Crippen LogP contribution in [0.3, 0.4) is 0 Å². The predicted molar refractivity (Wildman–Crippen MR) is 78.3 cm³/mol. The summed E-state index contributed by atoms with van der Waals surface area (Å²) in [5.74, 6) is 0.448. The molecule has 19 heavy (non-hydrogen) atoms. The summed E-state index contributed by atoms with van der Waals surface area (Å²) in [6.07, 6.45) is 2.08. The minimum absolute atomic E-state index is 0.180. The van der Waals surface area contributed by atoms with E-state index in [0.717, 1.165) is 33.9 Å². The van der Waals surface area contributed by atoms with Crippen molar-refractivity contribution < 1.29 is 4.79 Å². The van der Waals surface area contributed by atoms with E-state index in [-0.39, 0.29) is 11.8 Å². The van der Waals surface area contributed by atoms with Gasteiger partial charge >= 0.3 is 0 Å². The van der Waals surface area contributed by atoms with Crippen molar-refractivity contribution in [2.24, 2.45) is 5.92 Å². The zero-order valence-corrected chi connectivity index (χ0v) is 11.3. The molecule has 0 saturated heterocycles. The Morgan fingerprint density at radius 2 is 2.26 bits per heavy atom. The van der Waals surface area contributed by atoms with Gasteiger partial charge in [-0.1, -0.05) is 11.3 Å². The maximum absolute atomic E-state index is 11.4. The van der Waals surface area contributed by atoms with Gasteiger partial charge in [-0.05, 0) is 31.0 Å². The molecule has 3 rings (SSSR count). The molecule has 6 heteroatoms. The van der Waals surface area contributed by atoms with Crippen LogP contribution in [-0.4, -0.2) is 24.0 Å². The van der Waals surface area contributed by atoms with Gasteiger partial charge in [0.15, 0.2) is 5.13 Å². The number of benzene rings is 1. The first-order chi connectivity index (χ1) is 9.22. The van der Waals surface area contributed by atoms with Crippen LogP contribution in [0.4, 0.5) is 10.8 Å². The third-order valence-electron chi connectivity index (χ3n) is 3.06. The van der Waals surface area contributed by atoms with Crippen LogP contribution in [0.5, 0.6) is 0 Å². The number of amides is 1. The summed E-state index contributed by atoms with van der Waals surface area (Å²) in [5.41, 5.74) is 7.43. The molecule has 1 aliphatic rings. The van der Waals surface area contributed by atoms with Crippen molar-refractivity contribution in [1.82, 2.24) is 10.3 Å². The van der Waals surface area contributed by atoms with E-state index in [1.165, 1.54) is 0 Å². The van der Waals surface area contributed by atoms with Crippen LogP contribution in [0.2, 0.25) is 0 Å². The van der Waals surface area contributed by atoms with Gasteiger partial charge < -0.3 is 16.4 Å². The van der Waals surface area contributed by atoms with E-state index in [9.17, 15) is 4.79 Å². The number of fused-ring (bicyclic) bond motifs is 1. The number of rotatable bonds is 5. The zero-order chi connectivity index (χ0) is 13.2. The molecule has 0 radical (unpaired) electrons. The van der Waals surface area contributed by atoms with Crippen LogP contribution in [0.15, 0.2) is 18.2 Å². The van der Waals surface area contributed by atoms with Crippen molar-refractivity contribution in [3.8, 4) is 0 Å². The first kappa shape index (κ1) is 12.2. The van der Waals surface area contributed by atoms with Crippen LogP contribution < -0.4 is 16.4 Å². The number of anilines is 2. The topological polar surface area (TPSA) is 80.0 Å². The Kier molecular flexibility index (Phi) is 3.25. The van der Waals surface area contributed by atoms with Gasteiger partial charge in [0.1, 0.15) is 0 Å². The van der Waals surface area contributed by atoms with Gasteiger partial charge in [0, 0.05) is 24.7 Å². The van der Waals surface area contributed by atoms with E-state index in [1.807, 2.05) is 18.2 Å². The molecule has 0 aliphatic heterocycles. The molecule has 4 N–H and O–H groups in total. The lowest BCUT2D eigenvalue weighted by atomic mass is 10.3. The number of carbonyl (C=O) groups is 1. The highest BCUT2D eigenvalue weighted by Gasteiger charge is 2.28. The van der Waals surface area contributed by atoms with Crippen molar-refractivity contribution in [2.75, 3.05) is 24.1 Å². The fraction of sp³-hybridized carbons (Fsp3) is 0.385. The normalized spacial score (nSPS) is 14.5. The van der Waals surface area contributed by atoms with Crippen LogP contribution >= 0.6 is 11.3 Å². The molecule has 1 fully saturated rings. The van der Waals surface area contributed by atoms with Crippen molar-refractivity contribution in [2.45, 2.75) is 12.8 Å². The van der Waals surface area contributed by atoms with Crippen molar-refractivity contribution in [3.05, 3.63) is 18.2 Å². The van der Waals surface area contributed by atoms with Gasteiger partial charge in [-0.2, -0.15) is 0 Å². The Bertz CT molecular complexity index is 606. The van der Waals surface area contributed by atoms with Crippen LogP contribution in [0, 0.1) is 5.92 Å². The first-order valence-corrected chi connectivity index (χ1v) is 7.22. The van der Waals surface area contributed by atoms with Crippen molar-refractivity contribution in [1.29, 1.82) is 0 Å². The Hall–Kier alpha value is -1.82. The van der Waals surface area contributed by atoms with Crippen LogP contribution in [0.1, 0.15) is 12.8 Å². The molecule has 1 aromatic heterocycles. The number of aromatic nitrogens is 1. The Balaban J connectivity index is 1.52. The molecule has 0 atom stereocenters. The van der Waals surface area contributed by atoms with Crippen LogP contribution in [-0.2, 0) is 4.79 Å². The lowest BCUT2D eigenvalue weighted by Gasteiger charge is -2.04. The average molecular weight is 276 g/mol. The summed E-state index contributed by atoms with van der Waals surface area (Å²) in [6.45, 7) is 1.32. The summed E-state index contributed by atoms with van der Waals surface area (Å²) < 4.78 is 1.07. The zero-order valence-electron chi connectivity index (χ0n) is 10.5. The number of hydrogen-bond acceptors (Lipinski definition) is 5. The predicted octanol–water partition coefficient (Wildman–Crippen LogP) is 1.82. The SMILES string of the molecule is Nc1ccc2nc(NCCNC(=O)C3CC3)sc2c1. The number of thiazole rings is 1. The van der Waals surface area contributed by atoms with E-state index in [0.29, 0.717) is 13.1 Å². The third-order valence-corrected chi connectivity index (χ3v) is 4.04. The number of nitrogens with one attached hydrogen (secondary N) is 2. The molecule has 0 spiro atoms. The molecule has 1 saturated carbocycles. The van der Waals surface area contributed by atoms with Gasteiger partial charge in [0.25, 0.3) is 0 Å². The molecule has 0 bridgehead atoms. The Labute approximate surface area is 115 Å². The Morgan fingerprint density at radius 1 is 1.42 bits per heavy atom. The Morgan fingerprint density at radius 3 is 3.05 bits per heavy atom. The minimum atomic E-state index is 0.180. The lowest BCUT2D eigenvalue weighted by molar-refractivity contribution is -0.122. The molecule has 100 valence electrons. The first-order valence-electron chi connectivity index (χ1n) is 6.40. The fourth-order valence-electron chi connectivity index (χ4n) is 1.86. The number of nitrogens with zero attached hydrogens (tertiary/aromatic N) is 1. The second kappa shape index (κ2) is 5.05. The molecule has 0 unspecified atom stereocenters.